The molecule has 1 amide bonds. The van der Waals surface area contributed by atoms with Crippen LogP contribution in [-0.2, 0) is 11.2 Å². The molecule has 1 aromatic rings. The van der Waals surface area contributed by atoms with Gasteiger partial charge in [-0.3, -0.25) is 9.78 Å². The third-order valence-electron chi connectivity index (χ3n) is 2.83. The van der Waals surface area contributed by atoms with Crippen LogP contribution in [0.2, 0.25) is 0 Å². The highest BCUT2D eigenvalue weighted by Gasteiger charge is 2.16. The minimum atomic E-state index is 0.172. The summed E-state index contributed by atoms with van der Waals surface area (Å²) in [4.78, 5) is 15.0. The van der Waals surface area contributed by atoms with Crippen molar-refractivity contribution >= 4 is 5.91 Å². The summed E-state index contributed by atoms with van der Waals surface area (Å²) in [5.74, 6) is 0.172. The van der Waals surface area contributed by atoms with Gasteiger partial charge in [-0.15, -0.1) is 0 Å². The molecule has 0 aromatic carbocycles. The summed E-state index contributed by atoms with van der Waals surface area (Å²) in [5, 5.41) is 6.32. The van der Waals surface area contributed by atoms with Gasteiger partial charge in [0.2, 0.25) is 5.91 Å². The van der Waals surface area contributed by atoms with E-state index in [1.807, 2.05) is 12.3 Å². The third-order valence-corrected chi connectivity index (χ3v) is 2.83. The molecule has 1 saturated heterocycles. The minimum absolute atomic E-state index is 0.172. The van der Waals surface area contributed by atoms with E-state index in [9.17, 15) is 4.79 Å². The lowest BCUT2D eigenvalue weighted by molar-refractivity contribution is -0.122. The molecular weight excluding hydrogens is 202 g/mol. The fraction of sp³-hybridized carbons (Fsp3) is 0.500. The van der Waals surface area contributed by atoms with Crippen LogP contribution in [0.1, 0.15) is 18.4 Å². The second-order valence-electron chi connectivity index (χ2n) is 4.11. The van der Waals surface area contributed by atoms with Crippen LogP contribution in [0.3, 0.4) is 0 Å². The molecule has 86 valence electrons. The second kappa shape index (κ2) is 5.61. The van der Waals surface area contributed by atoms with Gasteiger partial charge >= 0.3 is 0 Å². The molecule has 0 aliphatic carbocycles. The molecule has 1 unspecified atom stereocenters. The highest BCUT2D eigenvalue weighted by molar-refractivity contribution is 5.76. The number of carbonyl (C=O) groups is 1. The summed E-state index contributed by atoms with van der Waals surface area (Å²) in [6, 6.07) is 4.46. The Morgan fingerprint density at radius 3 is 3.19 bits per heavy atom. The number of nitrogens with zero attached hydrogens (tertiary/aromatic N) is 1. The SMILES string of the molecule is O=C1CCC(NCCc2cccnc2)CN1. The number of carbonyl (C=O) groups excluding carboxylic acids is 1. The van der Waals surface area contributed by atoms with Crippen molar-refractivity contribution in [1.82, 2.24) is 15.6 Å². The van der Waals surface area contributed by atoms with Crippen molar-refractivity contribution < 1.29 is 4.79 Å². The quantitative estimate of drug-likeness (QED) is 0.775. The van der Waals surface area contributed by atoms with E-state index >= 15 is 0 Å². The molecule has 1 aromatic heterocycles. The fourth-order valence-electron chi connectivity index (χ4n) is 1.87. The molecule has 2 N–H and O–H groups in total. The summed E-state index contributed by atoms with van der Waals surface area (Å²) >= 11 is 0. The van der Waals surface area contributed by atoms with E-state index in [4.69, 9.17) is 0 Å². The Balaban J connectivity index is 1.67. The second-order valence-corrected chi connectivity index (χ2v) is 4.11. The first-order valence-corrected chi connectivity index (χ1v) is 5.73. The molecule has 1 fully saturated rings. The van der Waals surface area contributed by atoms with Crippen molar-refractivity contribution in [2.75, 3.05) is 13.1 Å². The molecule has 0 spiro atoms. The maximum Gasteiger partial charge on any atom is 0.220 e. The van der Waals surface area contributed by atoms with E-state index in [-0.39, 0.29) is 5.91 Å². The van der Waals surface area contributed by atoms with Crippen molar-refractivity contribution in [3.05, 3.63) is 30.1 Å². The van der Waals surface area contributed by atoms with Crippen LogP contribution < -0.4 is 10.6 Å². The Morgan fingerprint density at radius 2 is 2.50 bits per heavy atom. The average molecular weight is 219 g/mol. The summed E-state index contributed by atoms with van der Waals surface area (Å²) in [6.45, 7) is 1.69. The Morgan fingerprint density at radius 1 is 1.56 bits per heavy atom. The van der Waals surface area contributed by atoms with Gasteiger partial charge in [-0.05, 0) is 31.0 Å². The molecule has 4 heteroatoms. The van der Waals surface area contributed by atoms with Gasteiger partial charge in [0.25, 0.3) is 0 Å². The lowest BCUT2D eigenvalue weighted by Gasteiger charge is -2.23. The Kier molecular flexibility index (Phi) is 3.88. The fourth-order valence-corrected chi connectivity index (χ4v) is 1.87. The molecule has 16 heavy (non-hydrogen) atoms. The molecule has 1 aliphatic heterocycles. The van der Waals surface area contributed by atoms with E-state index in [1.54, 1.807) is 6.20 Å². The van der Waals surface area contributed by atoms with Gasteiger partial charge in [-0.2, -0.15) is 0 Å². The van der Waals surface area contributed by atoms with Gasteiger partial charge in [-0.1, -0.05) is 6.07 Å². The average Bonchev–Trinajstić information content (AvgIpc) is 2.33. The van der Waals surface area contributed by atoms with Gasteiger partial charge in [0.15, 0.2) is 0 Å². The first kappa shape index (κ1) is 11.1. The zero-order valence-electron chi connectivity index (χ0n) is 9.28. The van der Waals surface area contributed by atoms with Crippen LogP contribution in [0.4, 0.5) is 0 Å². The lowest BCUT2D eigenvalue weighted by Crippen LogP contribution is -2.46. The summed E-state index contributed by atoms with van der Waals surface area (Å²) < 4.78 is 0. The number of rotatable bonds is 4. The first-order valence-electron chi connectivity index (χ1n) is 5.73. The predicted molar refractivity (Wildman–Crippen MR) is 62.0 cm³/mol. The van der Waals surface area contributed by atoms with Gasteiger partial charge in [0.1, 0.15) is 0 Å². The van der Waals surface area contributed by atoms with Gasteiger partial charge < -0.3 is 10.6 Å². The lowest BCUT2D eigenvalue weighted by atomic mass is 10.1. The van der Waals surface area contributed by atoms with E-state index < -0.39 is 0 Å². The molecule has 2 rings (SSSR count). The molecule has 2 heterocycles. The maximum absolute atomic E-state index is 11.0. The van der Waals surface area contributed by atoms with Crippen LogP contribution in [0.25, 0.3) is 0 Å². The van der Waals surface area contributed by atoms with Crippen LogP contribution in [0.5, 0.6) is 0 Å². The summed E-state index contributed by atoms with van der Waals surface area (Å²) in [5.41, 5.74) is 1.25. The van der Waals surface area contributed by atoms with Crippen molar-refractivity contribution in [1.29, 1.82) is 0 Å². The predicted octanol–water partition coefficient (Wildman–Crippen LogP) is 0.492. The molecule has 0 bridgehead atoms. The zero-order valence-corrected chi connectivity index (χ0v) is 9.28. The summed E-state index contributed by atoms with van der Waals surface area (Å²) in [6.07, 6.45) is 6.25. The number of piperidine rings is 1. The maximum atomic E-state index is 11.0. The molecule has 0 radical (unpaired) electrons. The van der Waals surface area contributed by atoms with Crippen molar-refractivity contribution in [3.63, 3.8) is 0 Å². The van der Waals surface area contributed by atoms with Crippen LogP contribution in [0, 0.1) is 0 Å². The first-order chi connectivity index (χ1) is 7.84. The molecule has 1 atom stereocenters. The van der Waals surface area contributed by atoms with E-state index in [1.165, 1.54) is 5.56 Å². The Bertz CT molecular complexity index is 329. The smallest absolute Gasteiger partial charge is 0.220 e. The van der Waals surface area contributed by atoms with Gasteiger partial charge in [0.05, 0.1) is 0 Å². The monoisotopic (exact) mass is 219 g/mol. The Hall–Kier alpha value is -1.42. The molecule has 4 nitrogen and oxygen atoms in total. The zero-order chi connectivity index (χ0) is 11.2. The number of hydrogen-bond donors (Lipinski definition) is 2. The number of amides is 1. The van der Waals surface area contributed by atoms with Crippen molar-refractivity contribution in [2.24, 2.45) is 0 Å². The van der Waals surface area contributed by atoms with Crippen molar-refractivity contribution in [2.45, 2.75) is 25.3 Å². The van der Waals surface area contributed by atoms with Crippen LogP contribution in [0.15, 0.2) is 24.5 Å². The minimum Gasteiger partial charge on any atom is -0.355 e. The third kappa shape index (κ3) is 3.31. The number of aromatic nitrogens is 1. The normalized spacial score (nSPS) is 20.5. The van der Waals surface area contributed by atoms with Crippen LogP contribution >= 0.6 is 0 Å². The van der Waals surface area contributed by atoms with Gasteiger partial charge in [-0.25, -0.2) is 0 Å². The topological polar surface area (TPSA) is 54.0 Å². The van der Waals surface area contributed by atoms with E-state index in [0.29, 0.717) is 12.5 Å². The molecule has 0 saturated carbocycles. The number of nitrogens with one attached hydrogen (secondary N) is 2. The Labute approximate surface area is 95.5 Å². The largest absolute Gasteiger partial charge is 0.355 e. The molecule has 1 aliphatic rings. The number of pyridine rings is 1. The highest BCUT2D eigenvalue weighted by Crippen LogP contribution is 2.03. The molecular formula is C12H17N3O. The van der Waals surface area contributed by atoms with E-state index in [0.717, 1.165) is 25.9 Å². The number of hydrogen-bond acceptors (Lipinski definition) is 3. The highest BCUT2D eigenvalue weighted by atomic mass is 16.1. The summed E-state index contributed by atoms with van der Waals surface area (Å²) in [7, 11) is 0. The standard InChI is InChI=1S/C12H17N3O/c16-12-4-3-11(9-15-12)14-7-5-10-2-1-6-13-8-10/h1-2,6,8,11,14H,3-5,7,9H2,(H,15,16). The van der Waals surface area contributed by atoms with Crippen molar-refractivity contribution in [3.8, 4) is 0 Å². The van der Waals surface area contributed by atoms with E-state index in [2.05, 4.69) is 21.7 Å². The van der Waals surface area contributed by atoms with Gasteiger partial charge in [0, 0.05) is 31.4 Å². The van der Waals surface area contributed by atoms with Crippen LogP contribution in [-0.4, -0.2) is 30.0 Å².